The molecule has 5 rings (SSSR count). The molecular weight excluding hydrogens is 584 g/mol. The van der Waals surface area contributed by atoms with Crippen LogP contribution in [-0.4, -0.2) is 80.9 Å². The summed E-state index contributed by atoms with van der Waals surface area (Å²) in [5, 5.41) is 14.1. The van der Waals surface area contributed by atoms with Gasteiger partial charge in [-0.1, -0.05) is 13.8 Å². The van der Waals surface area contributed by atoms with Gasteiger partial charge in [-0.3, -0.25) is 0 Å². The fourth-order valence-electron chi connectivity index (χ4n) is 6.73. The second-order valence-electron chi connectivity index (χ2n) is 12.4. The SMILES string of the molecule is CC(C)CN(C[C@@H](O)[C@H](CC1=CC(F)CC(F)=C1)NC(=O)O[C@H]1CC2CO[C@H]3OCCC1[C@@H]23)S(=O)(=O)c1ccc(N)cc1. The zero-order valence-corrected chi connectivity index (χ0v) is 25.2. The Morgan fingerprint density at radius 1 is 1.23 bits per heavy atom. The van der Waals surface area contributed by atoms with Crippen LogP contribution in [0, 0.1) is 23.7 Å². The maximum atomic E-state index is 14.2. The molecule has 1 amide bonds. The van der Waals surface area contributed by atoms with Crippen molar-refractivity contribution in [3.05, 3.63) is 47.8 Å². The summed E-state index contributed by atoms with van der Waals surface area (Å²) in [4.78, 5) is 13.2. The highest BCUT2D eigenvalue weighted by Crippen LogP contribution is 2.50. The van der Waals surface area contributed by atoms with Crippen LogP contribution in [-0.2, 0) is 24.2 Å². The average molecular weight is 626 g/mol. The van der Waals surface area contributed by atoms with Crippen molar-refractivity contribution in [2.24, 2.45) is 23.7 Å². The van der Waals surface area contributed by atoms with Crippen molar-refractivity contribution < 1.29 is 41.3 Å². The highest BCUT2D eigenvalue weighted by Gasteiger charge is 2.55. The van der Waals surface area contributed by atoms with E-state index in [1.807, 2.05) is 13.8 Å². The maximum absolute atomic E-state index is 14.2. The zero-order chi connectivity index (χ0) is 30.9. The monoisotopic (exact) mass is 625 g/mol. The predicted molar refractivity (Wildman–Crippen MR) is 154 cm³/mol. The molecule has 0 aromatic heterocycles. The number of amides is 1. The number of hydrogen-bond donors (Lipinski definition) is 3. The van der Waals surface area contributed by atoms with Gasteiger partial charge in [0.2, 0.25) is 10.0 Å². The van der Waals surface area contributed by atoms with Gasteiger partial charge in [-0.2, -0.15) is 4.31 Å². The quantitative estimate of drug-likeness (QED) is 0.317. The van der Waals surface area contributed by atoms with Crippen LogP contribution in [0.5, 0.6) is 0 Å². The molecule has 3 fully saturated rings. The molecule has 0 spiro atoms. The van der Waals surface area contributed by atoms with Gasteiger partial charge in [0.15, 0.2) is 6.29 Å². The Bertz CT molecular complexity index is 1320. The number of carbonyl (C=O) groups excluding carboxylic acids is 1. The number of alkyl carbamates (subject to hydrolysis) is 1. The number of nitrogens with one attached hydrogen (secondary N) is 1. The molecule has 3 unspecified atom stereocenters. The lowest BCUT2D eigenvalue weighted by Gasteiger charge is -2.33. The second-order valence-corrected chi connectivity index (χ2v) is 14.3. The predicted octanol–water partition coefficient (Wildman–Crippen LogP) is 3.68. The average Bonchev–Trinajstić information content (AvgIpc) is 3.50. The molecular formula is C30H41F2N3O7S. The molecule has 2 aliphatic heterocycles. The van der Waals surface area contributed by atoms with Gasteiger partial charge in [-0.25, -0.2) is 22.0 Å². The van der Waals surface area contributed by atoms with Gasteiger partial charge in [-0.05, 0) is 73.1 Å². The normalized spacial score (nSPS) is 30.0. The van der Waals surface area contributed by atoms with Gasteiger partial charge >= 0.3 is 6.09 Å². The summed E-state index contributed by atoms with van der Waals surface area (Å²) in [7, 11) is -4.05. The molecule has 13 heteroatoms. The molecule has 4 aliphatic rings. The number of carbonyl (C=O) groups is 1. The number of nitrogens with zero attached hydrogens (tertiary/aromatic N) is 1. The number of nitrogen functional groups attached to an aromatic ring is 1. The van der Waals surface area contributed by atoms with E-state index >= 15 is 0 Å². The minimum Gasteiger partial charge on any atom is -0.446 e. The molecule has 43 heavy (non-hydrogen) atoms. The van der Waals surface area contributed by atoms with Gasteiger partial charge in [0.05, 0.1) is 30.3 Å². The first kappa shape index (κ1) is 31.8. The standard InChI is InChI=1S/C30H41F2N3O7S/c1-17(2)14-35(43(38,39)23-5-3-22(33)4-6-23)15-26(36)25(11-18-9-20(31)13-21(32)10-18)34-30(37)42-27-12-19-16-41-29-28(19)24(27)7-8-40-29/h3-6,9-10,17,19-20,24-29,36H,7-8,11-16,33H2,1-2H3,(H,34,37)/t19?,20?,24?,25-,26+,27-,28+,29+/m0/s1. The van der Waals surface area contributed by atoms with Crippen LogP contribution in [0.1, 0.15) is 39.5 Å². The fraction of sp³-hybridized carbons (Fsp3) is 0.633. The van der Waals surface area contributed by atoms with E-state index in [2.05, 4.69) is 5.32 Å². The van der Waals surface area contributed by atoms with Crippen molar-refractivity contribution in [2.45, 2.75) is 75.1 Å². The number of halogens is 2. The number of nitrogens with two attached hydrogens (primary N) is 1. The second kappa shape index (κ2) is 13.2. The molecule has 1 aromatic carbocycles. The van der Waals surface area contributed by atoms with Crippen molar-refractivity contribution in [2.75, 3.05) is 32.0 Å². The highest BCUT2D eigenvalue weighted by molar-refractivity contribution is 7.89. The topological polar surface area (TPSA) is 140 Å². The number of rotatable bonds is 11. The Hall–Kier alpha value is -2.58. The lowest BCUT2D eigenvalue weighted by atomic mass is 9.87. The van der Waals surface area contributed by atoms with E-state index in [1.54, 1.807) is 0 Å². The minimum atomic E-state index is -4.05. The number of benzene rings is 1. The minimum absolute atomic E-state index is 0.00394. The van der Waals surface area contributed by atoms with Crippen LogP contribution in [0.15, 0.2) is 52.7 Å². The van der Waals surface area contributed by atoms with E-state index in [0.717, 1.165) is 10.7 Å². The number of sulfonamides is 1. The Balaban J connectivity index is 1.33. The molecule has 10 nitrogen and oxygen atoms in total. The Morgan fingerprint density at radius 2 is 1.98 bits per heavy atom. The number of hydrogen-bond acceptors (Lipinski definition) is 8. The van der Waals surface area contributed by atoms with Gasteiger partial charge in [0.1, 0.15) is 18.1 Å². The van der Waals surface area contributed by atoms with Crippen molar-refractivity contribution in [3.8, 4) is 0 Å². The van der Waals surface area contributed by atoms with Gasteiger partial charge < -0.3 is 30.4 Å². The van der Waals surface area contributed by atoms with Crippen molar-refractivity contribution in [1.82, 2.24) is 9.62 Å². The third kappa shape index (κ3) is 7.39. The number of alkyl halides is 1. The maximum Gasteiger partial charge on any atom is 0.407 e. The summed E-state index contributed by atoms with van der Waals surface area (Å²) in [5.41, 5.74) is 6.39. The first-order chi connectivity index (χ1) is 20.4. The number of aliphatic hydroxyl groups excluding tert-OH is 1. The van der Waals surface area contributed by atoms with E-state index in [9.17, 15) is 27.1 Å². The molecule has 0 bridgehead atoms. The van der Waals surface area contributed by atoms with Crippen molar-refractivity contribution >= 4 is 21.8 Å². The van der Waals surface area contributed by atoms with Gasteiger partial charge in [0.25, 0.3) is 0 Å². The Kier molecular flexibility index (Phi) is 9.76. The van der Waals surface area contributed by atoms with E-state index in [4.69, 9.17) is 19.9 Å². The van der Waals surface area contributed by atoms with E-state index < -0.39 is 40.3 Å². The van der Waals surface area contributed by atoms with E-state index in [0.29, 0.717) is 25.3 Å². The summed E-state index contributed by atoms with van der Waals surface area (Å²) in [5.74, 6) is -0.288. The Labute approximate surface area is 251 Å². The molecule has 0 radical (unpaired) electrons. The molecule has 1 aromatic rings. The highest BCUT2D eigenvalue weighted by atomic mass is 32.2. The molecule has 2 aliphatic carbocycles. The molecule has 4 N–H and O–H groups in total. The number of ether oxygens (including phenoxy) is 3. The molecule has 1 saturated carbocycles. The van der Waals surface area contributed by atoms with Crippen LogP contribution in [0.2, 0.25) is 0 Å². The lowest BCUT2D eigenvalue weighted by molar-refractivity contribution is -0.173. The summed E-state index contributed by atoms with van der Waals surface area (Å²) < 4.78 is 73.9. The molecule has 238 valence electrons. The van der Waals surface area contributed by atoms with Crippen molar-refractivity contribution in [3.63, 3.8) is 0 Å². The van der Waals surface area contributed by atoms with Crippen LogP contribution >= 0.6 is 0 Å². The van der Waals surface area contributed by atoms with Crippen LogP contribution in [0.3, 0.4) is 0 Å². The smallest absolute Gasteiger partial charge is 0.407 e. The van der Waals surface area contributed by atoms with Crippen LogP contribution in [0.25, 0.3) is 0 Å². The first-order valence-electron chi connectivity index (χ1n) is 14.9. The molecule has 8 atom stereocenters. The van der Waals surface area contributed by atoms with Gasteiger partial charge in [-0.15, -0.1) is 0 Å². The molecule has 2 heterocycles. The fourth-order valence-corrected chi connectivity index (χ4v) is 8.35. The summed E-state index contributed by atoms with van der Waals surface area (Å²) in [6.45, 7) is 4.44. The number of anilines is 1. The Morgan fingerprint density at radius 3 is 2.67 bits per heavy atom. The largest absolute Gasteiger partial charge is 0.446 e. The third-order valence-electron chi connectivity index (χ3n) is 8.66. The van der Waals surface area contributed by atoms with Crippen LogP contribution in [0.4, 0.5) is 19.3 Å². The van der Waals surface area contributed by atoms with E-state index in [-0.39, 0.29) is 72.5 Å². The number of aliphatic hydroxyl groups is 1. The van der Waals surface area contributed by atoms with Crippen molar-refractivity contribution in [1.29, 1.82) is 0 Å². The zero-order valence-electron chi connectivity index (χ0n) is 24.4. The molecule has 2 saturated heterocycles. The number of allylic oxidation sites excluding steroid dienone is 3. The summed E-state index contributed by atoms with van der Waals surface area (Å²) in [6.07, 6.45) is -1.16. The lowest BCUT2D eigenvalue weighted by Crippen LogP contribution is -2.51. The summed E-state index contributed by atoms with van der Waals surface area (Å²) >= 11 is 0. The van der Waals surface area contributed by atoms with Crippen LogP contribution < -0.4 is 11.1 Å². The third-order valence-corrected chi connectivity index (χ3v) is 10.5. The summed E-state index contributed by atoms with van der Waals surface area (Å²) in [6, 6.07) is 4.64. The van der Waals surface area contributed by atoms with Gasteiger partial charge in [0, 0.05) is 37.0 Å². The first-order valence-corrected chi connectivity index (χ1v) is 16.3. The van der Waals surface area contributed by atoms with E-state index in [1.165, 1.54) is 36.4 Å².